The van der Waals surface area contributed by atoms with E-state index in [1.807, 2.05) is 16.7 Å². The standard InChI is InChI=1S/C17H28N6O3/c1-4-5-13(2)22-12-17(26-16(22)25)7-10-21(11-8-17)15(24)6-9-23-14(3)18-19-20-23/h13H,4-12H2,1-3H3. The van der Waals surface area contributed by atoms with Crippen molar-refractivity contribution in [2.75, 3.05) is 19.6 Å². The molecular weight excluding hydrogens is 336 g/mol. The second-order valence-electron chi connectivity index (χ2n) is 7.40. The molecular formula is C17H28N6O3. The number of carbonyl (C=O) groups is 2. The number of ether oxygens (including phenoxy) is 1. The van der Waals surface area contributed by atoms with E-state index in [2.05, 4.69) is 29.4 Å². The van der Waals surface area contributed by atoms with Gasteiger partial charge in [-0.15, -0.1) is 5.10 Å². The lowest BCUT2D eigenvalue weighted by Gasteiger charge is -2.37. The van der Waals surface area contributed by atoms with Crippen LogP contribution in [0.4, 0.5) is 4.79 Å². The van der Waals surface area contributed by atoms with Crippen molar-refractivity contribution in [2.45, 2.75) is 71.1 Å². The summed E-state index contributed by atoms with van der Waals surface area (Å²) < 4.78 is 7.38. The second-order valence-corrected chi connectivity index (χ2v) is 7.40. The Labute approximate surface area is 153 Å². The maximum Gasteiger partial charge on any atom is 0.410 e. The zero-order valence-electron chi connectivity index (χ0n) is 15.8. The minimum atomic E-state index is -0.428. The summed E-state index contributed by atoms with van der Waals surface area (Å²) in [5, 5.41) is 11.3. The van der Waals surface area contributed by atoms with Crippen LogP contribution in [0, 0.1) is 6.92 Å². The number of likely N-dealkylation sites (tertiary alicyclic amines) is 1. The van der Waals surface area contributed by atoms with Crippen molar-refractivity contribution < 1.29 is 14.3 Å². The first-order valence-corrected chi connectivity index (χ1v) is 9.44. The summed E-state index contributed by atoms with van der Waals surface area (Å²) in [4.78, 5) is 28.4. The lowest BCUT2D eigenvalue weighted by molar-refractivity contribution is -0.134. The number of hydrogen-bond acceptors (Lipinski definition) is 6. The average Bonchev–Trinajstić information content (AvgIpc) is 3.17. The lowest BCUT2D eigenvalue weighted by atomic mass is 9.90. The van der Waals surface area contributed by atoms with Crippen molar-refractivity contribution in [1.82, 2.24) is 30.0 Å². The summed E-state index contributed by atoms with van der Waals surface area (Å²) in [7, 11) is 0. The summed E-state index contributed by atoms with van der Waals surface area (Å²) in [5.74, 6) is 0.796. The molecule has 2 saturated heterocycles. The molecule has 144 valence electrons. The van der Waals surface area contributed by atoms with Crippen LogP contribution < -0.4 is 0 Å². The molecule has 0 bridgehead atoms. The molecule has 26 heavy (non-hydrogen) atoms. The van der Waals surface area contributed by atoms with Crippen molar-refractivity contribution in [3.63, 3.8) is 0 Å². The quantitative estimate of drug-likeness (QED) is 0.757. The molecule has 9 heteroatoms. The van der Waals surface area contributed by atoms with Gasteiger partial charge >= 0.3 is 6.09 Å². The smallest absolute Gasteiger partial charge is 0.410 e. The Kier molecular flexibility index (Phi) is 5.43. The third-order valence-electron chi connectivity index (χ3n) is 5.51. The molecule has 1 spiro atoms. The fourth-order valence-corrected chi connectivity index (χ4v) is 3.80. The molecule has 2 aliphatic rings. The van der Waals surface area contributed by atoms with Gasteiger partial charge in [-0.1, -0.05) is 13.3 Å². The van der Waals surface area contributed by atoms with E-state index < -0.39 is 5.60 Å². The van der Waals surface area contributed by atoms with E-state index >= 15 is 0 Å². The van der Waals surface area contributed by atoms with E-state index in [4.69, 9.17) is 4.74 Å². The third-order valence-corrected chi connectivity index (χ3v) is 5.51. The van der Waals surface area contributed by atoms with Crippen molar-refractivity contribution in [1.29, 1.82) is 0 Å². The molecule has 1 atom stereocenters. The summed E-state index contributed by atoms with van der Waals surface area (Å²) in [6, 6.07) is 0.200. The third kappa shape index (κ3) is 3.81. The molecule has 1 aromatic rings. The van der Waals surface area contributed by atoms with E-state index in [9.17, 15) is 9.59 Å². The average molecular weight is 364 g/mol. The second kappa shape index (κ2) is 7.59. The number of amides is 2. The predicted molar refractivity (Wildman–Crippen MR) is 93.3 cm³/mol. The van der Waals surface area contributed by atoms with Gasteiger partial charge in [0.25, 0.3) is 0 Å². The van der Waals surface area contributed by atoms with Crippen LogP contribution in [0.15, 0.2) is 0 Å². The number of piperidine rings is 1. The number of aryl methyl sites for hydroxylation is 2. The van der Waals surface area contributed by atoms with Crippen molar-refractivity contribution >= 4 is 12.0 Å². The maximum atomic E-state index is 12.5. The van der Waals surface area contributed by atoms with Crippen LogP contribution >= 0.6 is 0 Å². The fraction of sp³-hybridized carbons (Fsp3) is 0.824. The van der Waals surface area contributed by atoms with Crippen molar-refractivity contribution in [2.24, 2.45) is 0 Å². The zero-order chi connectivity index (χ0) is 18.7. The summed E-state index contributed by atoms with van der Waals surface area (Å²) >= 11 is 0. The number of tetrazole rings is 1. The Balaban J connectivity index is 1.50. The Hall–Kier alpha value is -2.19. The van der Waals surface area contributed by atoms with Crippen LogP contribution in [0.5, 0.6) is 0 Å². The highest BCUT2D eigenvalue weighted by Crippen LogP contribution is 2.34. The van der Waals surface area contributed by atoms with Gasteiger partial charge in [-0.05, 0) is 30.7 Å². The van der Waals surface area contributed by atoms with Gasteiger partial charge in [0.1, 0.15) is 11.4 Å². The van der Waals surface area contributed by atoms with E-state index in [0.29, 0.717) is 51.3 Å². The fourth-order valence-electron chi connectivity index (χ4n) is 3.80. The highest BCUT2D eigenvalue weighted by atomic mass is 16.6. The van der Waals surface area contributed by atoms with Gasteiger partial charge in [0.05, 0.1) is 13.1 Å². The van der Waals surface area contributed by atoms with Crippen LogP contribution in [-0.2, 0) is 16.1 Å². The highest BCUT2D eigenvalue weighted by Gasteiger charge is 2.48. The number of nitrogens with zero attached hydrogens (tertiary/aromatic N) is 6. The first-order valence-electron chi connectivity index (χ1n) is 9.44. The van der Waals surface area contributed by atoms with E-state index in [-0.39, 0.29) is 18.0 Å². The van der Waals surface area contributed by atoms with E-state index in [1.54, 1.807) is 4.68 Å². The summed E-state index contributed by atoms with van der Waals surface area (Å²) in [6.07, 6.45) is 3.58. The topological polar surface area (TPSA) is 93.5 Å². The van der Waals surface area contributed by atoms with Crippen LogP contribution in [0.3, 0.4) is 0 Å². The minimum Gasteiger partial charge on any atom is -0.441 e. The minimum absolute atomic E-state index is 0.0929. The highest BCUT2D eigenvalue weighted by molar-refractivity contribution is 5.76. The van der Waals surface area contributed by atoms with E-state index in [1.165, 1.54) is 0 Å². The number of hydrogen-bond donors (Lipinski definition) is 0. The van der Waals surface area contributed by atoms with Gasteiger partial charge in [-0.3, -0.25) is 4.79 Å². The maximum absolute atomic E-state index is 12.5. The molecule has 0 aromatic carbocycles. The van der Waals surface area contributed by atoms with Crippen LogP contribution in [0.2, 0.25) is 0 Å². The molecule has 1 aromatic heterocycles. The number of rotatable bonds is 6. The molecule has 2 amide bonds. The largest absolute Gasteiger partial charge is 0.441 e. The van der Waals surface area contributed by atoms with Crippen molar-refractivity contribution in [3.8, 4) is 0 Å². The van der Waals surface area contributed by atoms with E-state index in [0.717, 1.165) is 12.8 Å². The molecule has 9 nitrogen and oxygen atoms in total. The van der Waals surface area contributed by atoms with Crippen LogP contribution in [0.1, 0.15) is 51.8 Å². The van der Waals surface area contributed by atoms with Crippen molar-refractivity contribution in [3.05, 3.63) is 5.82 Å². The Morgan fingerprint density at radius 3 is 2.69 bits per heavy atom. The first kappa shape index (κ1) is 18.6. The zero-order valence-corrected chi connectivity index (χ0v) is 15.8. The number of aromatic nitrogens is 4. The number of carbonyl (C=O) groups excluding carboxylic acids is 2. The normalized spacial score (nSPS) is 20.5. The molecule has 3 rings (SSSR count). The van der Waals surface area contributed by atoms with Gasteiger partial charge < -0.3 is 14.5 Å². The van der Waals surface area contributed by atoms with Gasteiger partial charge in [0, 0.05) is 38.4 Å². The Morgan fingerprint density at radius 1 is 1.35 bits per heavy atom. The van der Waals surface area contributed by atoms with Gasteiger partial charge in [-0.25, -0.2) is 9.48 Å². The lowest BCUT2D eigenvalue weighted by Crippen LogP contribution is -2.49. The van der Waals surface area contributed by atoms with Gasteiger partial charge in [0.15, 0.2) is 0 Å². The molecule has 0 aliphatic carbocycles. The van der Waals surface area contributed by atoms with Crippen LogP contribution in [0.25, 0.3) is 0 Å². The van der Waals surface area contributed by atoms with Crippen LogP contribution in [-0.4, -0.2) is 73.3 Å². The molecule has 0 radical (unpaired) electrons. The first-order chi connectivity index (χ1) is 12.4. The predicted octanol–water partition coefficient (Wildman–Crippen LogP) is 1.37. The Morgan fingerprint density at radius 2 is 2.08 bits per heavy atom. The molecule has 0 N–H and O–H groups in total. The summed E-state index contributed by atoms with van der Waals surface area (Å²) in [5.41, 5.74) is -0.428. The Bertz CT molecular complexity index is 653. The molecule has 3 heterocycles. The van der Waals surface area contributed by atoms with Gasteiger partial charge in [-0.2, -0.15) is 0 Å². The SMILES string of the molecule is CCCC(C)N1CC2(CCN(C(=O)CCn3nnnc3C)CC2)OC1=O. The molecule has 1 unspecified atom stereocenters. The summed E-state index contributed by atoms with van der Waals surface area (Å²) in [6.45, 7) is 8.37. The molecule has 0 saturated carbocycles. The molecule has 2 fully saturated rings. The van der Waals surface area contributed by atoms with Gasteiger partial charge in [0.2, 0.25) is 5.91 Å². The monoisotopic (exact) mass is 364 g/mol. The molecule has 2 aliphatic heterocycles.